The van der Waals surface area contributed by atoms with Crippen molar-refractivity contribution in [3.8, 4) is 0 Å². The number of aromatic nitrogens is 2. The van der Waals surface area contributed by atoms with Crippen molar-refractivity contribution in [2.75, 3.05) is 0 Å². The van der Waals surface area contributed by atoms with Crippen LogP contribution >= 0.6 is 0 Å². The molecule has 0 atom stereocenters. The van der Waals surface area contributed by atoms with Gasteiger partial charge in [0.1, 0.15) is 11.5 Å². The summed E-state index contributed by atoms with van der Waals surface area (Å²) < 4.78 is 35.6. The van der Waals surface area contributed by atoms with Crippen molar-refractivity contribution < 1.29 is 18.0 Å². The van der Waals surface area contributed by atoms with Crippen LogP contribution in [-0.2, 0) is 6.42 Å². The first-order chi connectivity index (χ1) is 5.95. The zero-order chi connectivity index (χ0) is 10.1. The van der Waals surface area contributed by atoms with Gasteiger partial charge in [0.2, 0.25) is 0 Å². The number of nitrogens with zero attached hydrogens (tertiary/aromatic N) is 1. The Morgan fingerprint density at radius 1 is 1.62 bits per heavy atom. The predicted octanol–water partition coefficient (Wildman–Crippen LogP) is 1.72. The minimum Gasteiger partial charge on any atom is -0.339 e. The summed E-state index contributed by atoms with van der Waals surface area (Å²) in [7, 11) is 0. The molecule has 0 unspecified atom stereocenters. The van der Waals surface area contributed by atoms with Gasteiger partial charge in [0.05, 0.1) is 6.20 Å². The summed E-state index contributed by atoms with van der Waals surface area (Å²) in [5.74, 6) is -1.52. The smallest absolute Gasteiger partial charge is 0.339 e. The summed E-state index contributed by atoms with van der Waals surface area (Å²) in [5, 5.41) is 0. The van der Waals surface area contributed by atoms with E-state index in [9.17, 15) is 18.0 Å². The number of hydrogen-bond donors (Lipinski definition) is 1. The van der Waals surface area contributed by atoms with E-state index in [4.69, 9.17) is 0 Å². The van der Waals surface area contributed by atoms with Gasteiger partial charge < -0.3 is 4.98 Å². The zero-order valence-electron chi connectivity index (χ0n) is 6.77. The molecule has 0 radical (unpaired) electrons. The van der Waals surface area contributed by atoms with Crippen LogP contribution in [0.5, 0.6) is 0 Å². The number of nitrogens with one attached hydrogen (secondary N) is 1. The fraction of sp³-hybridized carbons (Fsp3) is 0.429. The molecule has 0 spiro atoms. The molecule has 1 aromatic heterocycles. The van der Waals surface area contributed by atoms with Crippen LogP contribution < -0.4 is 0 Å². The van der Waals surface area contributed by atoms with Crippen molar-refractivity contribution in [3.63, 3.8) is 0 Å². The standard InChI is InChI=1S/C7H7F3N2O/c1-2-5-11-3-4(12-5)6(13)7(8,9)10/h3H,2H2,1H3,(H,11,12). The molecule has 0 aliphatic heterocycles. The van der Waals surface area contributed by atoms with Gasteiger partial charge >= 0.3 is 6.18 Å². The number of rotatable bonds is 2. The summed E-state index contributed by atoms with van der Waals surface area (Å²) in [4.78, 5) is 16.5. The summed E-state index contributed by atoms with van der Waals surface area (Å²) in [6.45, 7) is 1.72. The highest BCUT2D eigenvalue weighted by molar-refractivity contribution is 5.98. The van der Waals surface area contributed by atoms with Gasteiger partial charge in [-0.15, -0.1) is 0 Å². The van der Waals surface area contributed by atoms with E-state index >= 15 is 0 Å². The number of hydrogen-bond acceptors (Lipinski definition) is 2. The third-order valence-electron chi connectivity index (χ3n) is 1.47. The van der Waals surface area contributed by atoms with Gasteiger partial charge in [0.25, 0.3) is 5.78 Å². The number of aromatic amines is 1. The third-order valence-corrected chi connectivity index (χ3v) is 1.47. The number of aryl methyl sites for hydroxylation is 1. The maximum Gasteiger partial charge on any atom is 0.456 e. The Balaban J connectivity index is 2.90. The molecular formula is C7H7F3N2O. The Bertz CT molecular complexity index is 316. The molecular weight excluding hydrogens is 185 g/mol. The largest absolute Gasteiger partial charge is 0.456 e. The van der Waals surface area contributed by atoms with Crippen molar-refractivity contribution in [2.24, 2.45) is 0 Å². The molecule has 0 fully saturated rings. The Kier molecular flexibility index (Phi) is 2.40. The van der Waals surface area contributed by atoms with Gasteiger partial charge in [-0.25, -0.2) is 4.98 Å². The highest BCUT2D eigenvalue weighted by Crippen LogP contribution is 2.20. The van der Waals surface area contributed by atoms with E-state index in [1.54, 1.807) is 6.92 Å². The number of carbonyl (C=O) groups is 1. The number of alkyl halides is 3. The van der Waals surface area contributed by atoms with Crippen LogP contribution in [0, 0.1) is 0 Å². The molecule has 0 saturated heterocycles. The van der Waals surface area contributed by atoms with E-state index in [2.05, 4.69) is 9.97 Å². The molecule has 0 saturated carbocycles. The zero-order valence-corrected chi connectivity index (χ0v) is 6.77. The van der Waals surface area contributed by atoms with E-state index < -0.39 is 17.7 Å². The molecule has 0 aromatic carbocycles. The van der Waals surface area contributed by atoms with Crippen LogP contribution in [0.1, 0.15) is 23.2 Å². The van der Waals surface area contributed by atoms with Crippen LogP contribution in [0.4, 0.5) is 13.2 Å². The van der Waals surface area contributed by atoms with Crippen molar-refractivity contribution in [1.29, 1.82) is 0 Å². The lowest BCUT2D eigenvalue weighted by Gasteiger charge is -2.01. The molecule has 1 aromatic rings. The Morgan fingerprint density at radius 3 is 2.62 bits per heavy atom. The molecule has 6 heteroatoms. The van der Waals surface area contributed by atoms with E-state index in [0.717, 1.165) is 6.20 Å². The lowest BCUT2D eigenvalue weighted by Crippen LogP contribution is -2.23. The lowest BCUT2D eigenvalue weighted by molar-refractivity contribution is -0.0888. The maximum absolute atomic E-state index is 11.9. The molecule has 0 aliphatic rings. The number of imidazole rings is 1. The highest BCUT2D eigenvalue weighted by atomic mass is 19.4. The number of H-pyrrole nitrogens is 1. The quantitative estimate of drug-likeness (QED) is 0.725. The minimum atomic E-state index is -4.84. The van der Waals surface area contributed by atoms with E-state index in [0.29, 0.717) is 12.2 Å². The van der Waals surface area contributed by atoms with Gasteiger partial charge in [-0.05, 0) is 0 Å². The fourth-order valence-electron chi connectivity index (χ4n) is 0.810. The molecule has 3 nitrogen and oxygen atoms in total. The summed E-state index contributed by atoms with van der Waals surface area (Å²) in [6, 6.07) is 0. The first-order valence-corrected chi connectivity index (χ1v) is 3.60. The second kappa shape index (κ2) is 3.20. The molecule has 1 heterocycles. The molecule has 0 amide bonds. The van der Waals surface area contributed by atoms with E-state index in [1.807, 2.05) is 0 Å². The number of halogens is 3. The second-order valence-corrected chi connectivity index (χ2v) is 2.42. The Hall–Kier alpha value is -1.33. The molecule has 0 aliphatic carbocycles. The summed E-state index contributed by atoms with van der Waals surface area (Å²) >= 11 is 0. The summed E-state index contributed by atoms with van der Waals surface area (Å²) in [6.07, 6.45) is -3.47. The van der Waals surface area contributed by atoms with Gasteiger partial charge in [-0.3, -0.25) is 4.79 Å². The molecule has 72 valence electrons. The third kappa shape index (κ3) is 2.07. The van der Waals surface area contributed by atoms with Crippen LogP contribution in [0.15, 0.2) is 6.20 Å². The van der Waals surface area contributed by atoms with Gasteiger partial charge in [-0.1, -0.05) is 6.92 Å². The van der Waals surface area contributed by atoms with Gasteiger partial charge in [-0.2, -0.15) is 13.2 Å². The SMILES string of the molecule is CCc1ncc(C(=O)C(F)(F)F)[nH]1. The van der Waals surface area contributed by atoms with Crippen LogP contribution in [0.3, 0.4) is 0 Å². The fourth-order valence-corrected chi connectivity index (χ4v) is 0.810. The van der Waals surface area contributed by atoms with Crippen molar-refractivity contribution in [3.05, 3.63) is 17.7 Å². The van der Waals surface area contributed by atoms with Crippen LogP contribution in [-0.4, -0.2) is 21.9 Å². The number of carbonyl (C=O) groups excluding carboxylic acids is 1. The first kappa shape index (κ1) is 9.76. The molecule has 13 heavy (non-hydrogen) atoms. The monoisotopic (exact) mass is 192 g/mol. The summed E-state index contributed by atoms with van der Waals surface area (Å²) in [5.41, 5.74) is -0.510. The maximum atomic E-state index is 11.9. The topological polar surface area (TPSA) is 45.8 Å². The van der Waals surface area contributed by atoms with Crippen molar-refractivity contribution >= 4 is 5.78 Å². The van der Waals surface area contributed by atoms with Gasteiger partial charge in [0, 0.05) is 6.42 Å². The number of Topliss-reactive ketones (excluding diaryl/α,β-unsaturated/α-hetero) is 1. The van der Waals surface area contributed by atoms with Crippen molar-refractivity contribution in [1.82, 2.24) is 9.97 Å². The first-order valence-electron chi connectivity index (χ1n) is 3.60. The number of ketones is 1. The van der Waals surface area contributed by atoms with E-state index in [-0.39, 0.29) is 0 Å². The molecule has 1 N–H and O–H groups in total. The molecule has 0 bridgehead atoms. The predicted molar refractivity (Wildman–Crippen MR) is 38.4 cm³/mol. The second-order valence-electron chi connectivity index (χ2n) is 2.42. The van der Waals surface area contributed by atoms with E-state index in [1.165, 1.54) is 0 Å². The average Bonchev–Trinajstić information content (AvgIpc) is 2.48. The van der Waals surface area contributed by atoms with Crippen LogP contribution in [0.2, 0.25) is 0 Å². The van der Waals surface area contributed by atoms with Gasteiger partial charge in [0.15, 0.2) is 0 Å². The Morgan fingerprint density at radius 2 is 2.23 bits per heavy atom. The Labute approximate surface area is 72.0 Å². The minimum absolute atomic E-state index is 0.368. The average molecular weight is 192 g/mol. The highest BCUT2D eigenvalue weighted by Gasteiger charge is 2.40. The normalized spacial score (nSPS) is 11.7. The lowest BCUT2D eigenvalue weighted by atomic mass is 10.3. The molecule has 1 rings (SSSR count). The van der Waals surface area contributed by atoms with Crippen molar-refractivity contribution in [2.45, 2.75) is 19.5 Å². The van der Waals surface area contributed by atoms with Crippen LogP contribution in [0.25, 0.3) is 0 Å².